The molecule has 0 radical (unpaired) electrons. The molecule has 1 N–H and O–H groups in total. The Kier molecular flexibility index (Phi) is 4.63. The second-order valence-corrected chi connectivity index (χ2v) is 5.39. The standard InChI is InChI=1S/C18H22FNO/c1-11-9-12(2)16(13(3)10-11)18(20-4)17-14(19)7-6-8-15(17)21-5/h6-10,18,20H,1-5H3. The van der Waals surface area contributed by atoms with Crippen LogP contribution in [0.15, 0.2) is 30.3 Å². The van der Waals surface area contributed by atoms with Gasteiger partial charge in [-0.2, -0.15) is 0 Å². The molecule has 0 spiro atoms. The third-order valence-corrected chi connectivity index (χ3v) is 3.84. The summed E-state index contributed by atoms with van der Waals surface area (Å²) in [6.45, 7) is 6.20. The Balaban J connectivity index is 2.66. The van der Waals surface area contributed by atoms with Crippen LogP contribution < -0.4 is 10.1 Å². The van der Waals surface area contributed by atoms with E-state index in [0.717, 1.165) is 16.7 Å². The van der Waals surface area contributed by atoms with Gasteiger partial charge in [-0.15, -0.1) is 0 Å². The molecule has 2 rings (SSSR count). The molecule has 0 fully saturated rings. The minimum atomic E-state index is -0.256. The summed E-state index contributed by atoms with van der Waals surface area (Å²) < 4.78 is 19.7. The predicted octanol–water partition coefficient (Wildman–Crippen LogP) is 4.07. The van der Waals surface area contributed by atoms with Crippen LogP contribution in [0.2, 0.25) is 0 Å². The Labute approximate surface area is 126 Å². The smallest absolute Gasteiger partial charge is 0.132 e. The van der Waals surface area contributed by atoms with Gasteiger partial charge in [0.15, 0.2) is 0 Å². The van der Waals surface area contributed by atoms with Gasteiger partial charge in [0.25, 0.3) is 0 Å². The van der Waals surface area contributed by atoms with E-state index in [9.17, 15) is 4.39 Å². The summed E-state index contributed by atoms with van der Waals surface area (Å²) in [5.74, 6) is 0.307. The average molecular weight is 287 g/mol. The number of methoxy groups -OCH3 is 1. The van der Waals surface area contributed by atoms with E-state index in [1.54, 1.807) is 19.2 Å². The fraction of sp³-hybridized carbons (Fsp3) is 0.333. The van der Waals surface area contributed by atoms with Gasteiger partial charge < -0.3 is 10.1 Å². The van der Waals surface area contributed by atoms with Crippen LogP contribution in [0.25, 0.3) is 0 Å². The third-order valence-electron chi connectivity index (χ3n) is 3.84. The highest BCUT2D eigenvalue weighted by Crippen LogP contribution is 2.35. The highest BCUT2D eigenvalue weighted by Gasteiger charge is 2.23. The van der Waals surface area contributed by atoms with Gasteiger partial charge in [0, 0.05) is 0 Å². The van der Waals surface area contributed by atoms with E-state index < -0.39 is 0 Å². The molecule has 0 aromatic heterocycles. The van der Waals surface area contributed by atoms with Crippen LogP contribution in [0.1, 0.15) is 33.9 Å². The molecular formula is C18H22FNO. The molecule has 2 nitrogen and oxygen atoms in total. The van der Waals surface area contributed by atoms with Gasteiger partial charge in [0.05, 0.1) is 18.7 Å². The number of halogens is 1. The lowest BCUT2D eigenvalue weighted by Crippen LogP contribution is -2.22. The first-order valence-corrected chi connectivity index (χ1v) is 7.07. The van der Waals surface area contributed by atoms with Crippen LogP contribution in [0.5, 0.6) is 5.75 Å². The summed E-state index contributed by atoms with van der Waals surface area (Å²) in [5.41, 5.74) is 5.17. The molecule has 1 unspecified atom stereocenters. The zero-order valence-corrected chi connectivity index (χ0v) is 13.3. The monoisotopic (exact) mass is 287 g/mol. The maximum absolute atomic E-state index is 14.4. The molecule has 21 heavy (non-hydrogen) atoms. The summed E-state index contributed by atoms with van der Waals surface area (Å²) >= 11 is 0. The lowest BCUT2D eigenvalue weighted by molar-refractivity contribution is 0.398. The van der Waals surface area contributed by atoms with E-state index in [0.29, 0.717) is 11.3 Å². The van der Waals surface area contributed by atoms with Crippen molar-refractivity contribution in [2.75, 3.05) is 14.2 Å². The molecule has 112 valence electrons. The number of aryl methyl sites for hydroxylation is 3. The number of hydrogen-bond acceptors (Lipinski definition) is 2. The van der Waals surface area contributed by atoms with Crippen LogP contribution in [0.4, 0.5) is 4.39 Å². The summed E-state index contributed by atoms with van der Waals surface area (Å²) in [6, 6.07) is 8.95. The van der Waals surface area contributed by atoms with Crippen LogP contribution in [0, 0.1) is 26.6 Å². The Morgan fingerprint density at radius 2 is 1.67 bits per heavy atom. The van der Waals surface area contributed by atoms with Gasteiger partial charge in [-0.1, -0.05) is 23.8 Å². The summed E-state index contributed by atoms with van der Waals surface area (Å²) in [6.07, 6.45) is 0. The van der Waals surface area contributed by atoms with Crippen LogP contribution in [0.3, 0.4) is 0 Å². The molecule has 3 heteroatoms. The van der Waals surface area contributed by atoms with E-state index >= 15 is 0 Å². The van der Waals surface area contributed by atoms with Crippen molar-refractivity contribution in [3.63, 3.8) is 0 Å². The van der Waals surface area contributed by atoms with Crippen LogP contribution >= 0.6 is 0 Å². The normalized spacial score (nSPS) is 12.3. The van der Waals surface area contributed by atoms with Crippen molar-refractivity contribution in [2.45, 2.75) is 26.8 Å². The zero-order valence-electron chi connectivity index (χ0n) is 13.3. The number of rotatable bonds is 4. The fourth-order valence-electron chi connectivity index (χ4n) is 3.05. The Hall–Kier alpha value is -1.87. The summed E-state index contributed by atoms with van der Waals surface area (Å²) in [5, 5.41) is 3.23. The van der Waals surface area contributed by atoms with Crippen molar-refractivity contribution < 1.29 is 9.13 Å². The Morgan fingerprint density at radius 3 is 2.19 bits per heavy atom. The summed E-state index contributed by atoms with van der Waals surface area (Å²) in [7, 11) is 3.41. The quantitative estimate of drug-likeness (QED) is 0.915. The molecule has 0 heterocycles. The maximum Gasteiger partial charge on any atom is 0.132 e. The van der Waals surface area contributed by atoms with Gasteiger partial charge in [-0.05, 0) is 56.6 Å². The number of ether oxygens (including phenoxy) is 1. The molecule has 0 saturated carbocycles. The van der Waals surface area contributed by atoms with Crippen LogP contribution in [-0.2, 0) is 0 Å². The van der Waals surface area contributed by atoms with E-state index in [2.05, 4.69) is 38.2 Å². The molecule has 0 bridgehead atoms. The minimum absolute atomic E-state index is 0.234. The lowest BCUT2D eigenvalue weighted by Gasteiger charge is -2.24. The molecule has 2 aromatic rings. The first-order valence-electron chi connectivity index (χ1n) is 7.07. The van der Waals surface area contributed by atoms with E-state index in [-0.39, 0.29) is 11.9 Å². The molecular weight excluding hydrogens is 265 g/mol. The molecule has 0 amide bonds. The molecule has 2 aromatic carbocycles. The lowest BCUT2D eigenvalue weighted by atomic mass is 9.89. The summed E-state index contributed by atoms with van der Waals surface area (Å²) in [4.78, 5) is 0. The van der Waals surface area contributed by atoms with Crippen molar-refractivity contribution >= 4 is 0 Å². The highest BCUT2D eigenvalue weighted by atomic mass is 19.1. The highest BCUT2D eigenvalue weighted by molar-refractivity contribution is 5.48. The van der Waals surface area contributed by atoms with E-state index in [1.165, 1.54) is 11.6 Å². The molecule has 0 aliphatic carbocycles. The first kappa shape index (κ1) is 15.5. The molecule has 1 atom stereocenters. The zero-order chi connectivity index (χ0) is 15.6. The third kappa shape index (κ3) is 2.93. The van der Waals surface area contributed by atoms with Gasteiger partial charge in [-0.25, -0.2) is 4.39 Å². The number of nitrogens with one attached hydrogen (secondary N) is 1. The second-order valence-electron chi connectivity index (χ2n) is 5.39. The van der Waals surface area contributed by atoms with Gasteiger partial charge >= 0.3 is 0 Å². The van der Waals surface area contributed by atoms with Crippen molar-refractivity contribution in [3.05, 3.63) is 64.0 Å². The van der Waals surface area contributed by atoms with Gasteiger partial charge in [-0.3, -0.25) is 0 Å². The minimum Gasteiger partial charge on any atom is -0.496 e. The van der Waals surface area contributed by atoms with Crippen LogP contribution in [-0.4, -0.2) is 14.2 Å². The molecule has 0 aliphatic heterocycles. The van der Waals surface area contributed by atoms with Crippen molar-refractivity contribution in [1.29, 1.82) is 0 Å². The van der Waals surface area contributed by atoms with Crippen molar-refractivity contribution in [2.24, 2.45) is 0 Å². The fourth-order valence-corrected chi connectivity index (χ4v) is 3.05. The van der Waals surface area contributed by atoms with E-state index in [4.69, 9.17) is 4.74 Å². The van der Waals surface area contributed by atoms with Gasteiger partial charge in [0.1, 0.15) is 11.6 Å². The second kappa shape index (κ2) is 6.27. The van der Waals surface area contributed by atoms with Crippen molar-refractivity contribution in [3.8, 4) is 5.75 Å². The Bertz CT molecular complexity index is 629. The largest absolute Gasteiger partial charge is 0.496 e. The topological polar surface area (TPSA) is 21.3 Å². The molecule has 0 aliphatic rings. The van der Waals surface area contributed by atoms with Gasteiger partial charge in [0.2, 0.25) is 0 Å². The average Bonchev–Trinajstić information content (AvgIpc) is 2.43. The van der Waals surface area contributed by atoms with E-state index in [1.807, 2.05) is 7.05 Å². The Morgan fingerprint density at radius 1 is 1.05 bits per heavy atom. The number of benzene rings is 2. The SMILES string of the molecule is CNC(c1c(C)cc(C)cc1C)c1c(F)cccc1OC. The predicted molar refractivity (Wildman–Crippen MR) is 84.5 cm³/mol. The first-order chi connectivity index (χ1) is 9.99. The number of hydrogen-bond donors (Lipinski definition) is 1. The molecule has 0 saturated heterocycles. The van der Waals surface area contributed by atoms with Crippen molar-refractivity contribution in [1.82, 2.24) is 5.32 Å². The maximum atomic E-state index is 14.4.